The van der Waals surface area contributed by atoms with Gasteiger partial charge < -0.3 is 4.90 Å². The second-order valence-corrected chi connectivity index (χ2v) is 4.58. The molecule has 0 radical (unpaired) electrons. The van der Waals surface area contributed by atoms with Crippen molar-refractivity contribution in [2.75, 3.05) is 12.8 Å². The molecule has 1 rings (SSSR count). The zero-order chi connectivity index (χ0) is 9.52. The van der Waals surface area contributed by atoms with E-state index in [1.54, 1.807) is 0 Å². The van der Waals surface area contributed by atoms with Crippen LogP contribution in [0.1, 0.15) is 26.2 Å². The summed E-state index contributed by atoms with van der Waals surface area (Å²) < 4.78 is 0. The van der Waals surface area contributed by atoms with E-state index in [9.17, 15) is 0 Å². The Morgan fingerprint density at radius 1 is 1.31 bits per heavy atom. The predicted molar refractivity (Wildman–Crippen MR) is 61.8 cm³/mol. The molecule has 1 unspecified atom stereocenters. The molecule has 0 bridgehead atoms. The number of hydrogen-bond acceptors (Lipinski definition) is 2. The van der Waals surface area contributed by atoms with Crippen molar-refractivity contribution in [2.24, 2.45) is 0 Å². The Kier molecular flexibility index (Phi) is 5.06. The second kappa shape index (κ2) is 6.14. The fourth-order valence-electron chi connectivity index (χ4n) is 1.29. The van der Waals surface area contributed by atoms with Crippen LogP contribution >= 0.6 is 11.8 Å². The van der Waals surface area contributed by atoms with Gasteiger partial charge in [0, 0.05) is 13.2 Å². The highest BCUT2D eigenvalue weighted by Crippen LogP contribution is 2.20. The molecule has 1 nitrogen and oxygen atoms in total. The number of hydrogen-bond donors (Lipinski definition) is 0. The molecule has 0 N–H and O–H groups in total. The highest BCUT2D eigenvalue weighted by atomic mass is 32.2. The van der Waals surface area contributed by atoms with E-state index in [1.807, 2.05) is 11.8 Å². The van der Waals surface area contributed by atoms with Gasteiger partial charge in [0.25, 0.3) is 0 Å². The molecule has 0 amide bonds. The first-order valence-electron chi connectivity index (χ1n) is 5.03. The number of thioether (sulfide) groups is 1. The van der Waals surface area contributed by atoms with Gasteiger partial charge in [-0.2, -0.15) is 0 Å². The van der Waals surface area contributed by atoms with Crippen molar-refractivity contribution in [3.63, 3.8) is 0 Å². The number of unbranched alkanes of at least 4 members (excludes halogenated alkanes) is 2. The first-order valence-corrected chi connectivity index (χ1v) is 6.08. The average molecular weight is 197 g/mol. The summed E-state index contributed by atoms with van der Waals surface area (Å²) in [5.74, 6) is 1.28. The van der Waals surface area contributed by atoms with Crippen LogP contribution in [0.15, 0.2) is 24.4 Å². The first kappa shape index (κ1) is 10.7. The number of likely N-dealkylation sites (N-methyl/N-ethyl adjacent to an activating group) is 1. The number of allylic oxidation sites excluding steroid dienone is 2. The minimum Gasteiger partial charge on any atom is -0.365 e. The van der Waals surface area contributed by atoms with Crippen molar-refractivity contribution in [1.29, 1.82) is 0 Å². The number of nitrogens with zero attached hydrogens (tertiary/aromatic N) is 1. The summed E-state index contributed by atoms with van der Waals surface area (Å²) in [6.07, 6.45) is 12.7. The Morgan fingerprint density at radius 3 is 2.85 bits per heavy atom. The topological polar surface area (TPSA) is 3.24 Å². The zero-order valence-electron chi connectivity index (χ0n) is 8.57. The molecule has 0 saturated carbocycles. The maximum absolute atomic E-state index is 2.26. The molecule has 1 aliphatic rings. The van der Waals surface area contributed by atoms with Gasteiger partial charge in [0.1, 0.15) is 0 Å². The van der Waals surface area contributed by atoms with Gasteiger partial charge >= 0.3 is 0 Å². The Bertz CT molecular complexity index is 187. The molecule has 0 aromatic carbocycles. The summed E-state index contributed by atoms with van der Waals surface area (Å²) in [5, 5.41) is 0.557. The molecule has 0 aromatic heterocycles. The molecule has 0 fully saturated rings. The van der Waals surface area contributed by atoms with E-state index >= 15 is 0 Å². The van der Waals surface area contributed by atoms with Crippen LogP contribution in [-0.2, 0) is 0 Å². The molecule has 1 heterocycles. The van der Waals surface area contributed by atoms with Crippen LogP contribution in [-0.4, -0.2) is 23.1 Å². The highest BCUT2D eigenvalue weighted by molar-refractivity contribution is 8.00. The lowest BCUT2D eigenvalue weighted by atomic mass is 10.3. The first-order chi connectivity index (χ1) is 6.34. The fourth-order valence-corrected chi connectivity index (χ4v) is 2.41. The number of rotatable bonds is 5. The third-order valence-electron chi connectivity index (χ3n) is 2.15. The van der Waals surface area contributed by atoms with Crippen LogP contribution in [0.2, 0.25) is 0 Å². The van der Waals surface area contributed by atoms with Crippen molar-refractivity contribution in [2.45, 2.75) is 31.6 Å². The van der Waals surface area contributed by atoms with Crippen molar-refractivity contribution in [1.82, 2.24) is 4.90 Å². The third kappa shape index (κ3) is 3.90. The summed E-state index contributed by atoms with van der Waals surface area (Å²) in [6.45, 7) is 2.25. The van der Waals surface area contributed by atoms with E-state index in [1.165, 1.54) is 25.0 Å². The Morgan fingerprint density at radius 2 is 2.15 bits per heavy atom. The molecule has 0 aromatic rings. The maximum atomic E-state index is 2.26. The minimum absolute atomic E-state index is 0.557. The third-order valence-corrected chi connectivity index (χ3v) is 3.50. The van der Waals surface area contributed by atoms with Crippen LogP contribution in [0.5, 0.6) is 0 Å². The molecule has 74 valence electrons. The van der Waals surface area contributed by atoms with Crippen molar-refractivity contribution in [3.05, 3.63) is 24.4 Å². The summed E-state index contributed by atoms with van der Waals surface area (Å²) in [6, 6.07) is 0. The lowest BCUT2D eigenvalue weighted by molar-refractivity contribution is 0.473. The molecule has 0 saturated heterocycles. The van der Waals surface area contributed by atoms with E-state index in [4.69, 9.17) is 0 Å². The Hall–Kier alpha value is -0.370. The van der Waals surface area contributed by atoms with Gasteiger partial charge in [-0.1, -0.05) is 31.9 Å². The van der Waals surface area contributed by atoms with Gasteiger partial charge in [-0.05, 0) is 18.2 Å². The molecule has 0 spiro atoms. The van der Waals surface area contributed by atoms with E-state index in [0.29, 0.717) is 5.37 Å². The molecule has 13 heavy (non-hydrogen) atoms. The van der Waals surface area contributed by atoms with E-state index in [-0.39, 0.29) is 0 Å². The zero-order valence-corrected chi connectivity index (χ0v) is 9.39. The molecule has 1 atom stereocenters. The van der Waals surface area contributed by atoms with E-state index in [0.717, 1.165) is 0 Å². The van der Waals surface area contributed by atoms with Gasteiger partial charge in [-0.15, -0.1) is 11.8 Å². The maximum Gasteiger partial charge on any atom is 0.0930 e. The fraction of sp³-hybridized carbons (Fsp3) is 0.636. The quantitative estimate of drug-likeness (QED) is 0.622. The molecular weight excluding hydrogens is 178 g/mol. The standard InChI is InChI=1S/C11H19NS/c1-3-4-7-10-13-11-8-5-6-9-12(11)2/h5-6,8-9,11H,3-4,7,10H2,1-2H3. The van der Waals surface area contributed by atoms with Crippen LogP contribution in [0.3, 0.4) is 0 Å². The lowest BCUT2D eigenvalue weighted by Gasteiger charge is -2.25. The second-order valence-electron chi connectivity index (χ2n) is 3.36. The molecule has 1 aliphatic heterocycles. The Balaban J connectivity index is 2.14. The van der Waals surface area contributed by atoms with Crippen LogP contribution in [0.4, 0.5) is 0 Å². The van der Waals surface area contributed by atoms with Gasteiger partial charge in [-0.3, -0.25) is 0 Å². The van der Waals surface area contributed by atoms with Crippen molar-refractivity contribution < 1.29 is 0 Å². The smallest absolute Gasteiger partial charge is 0.0930 e. The van der Waals surface area contributed by atoms with Crippen molar-refractivity contribution in [3.8, 4) is 0 Å². The summed E-state index contributed by atoms with van der Waals surface area (Å²) in [5.41, 5.74) is 0. The van der Waals surface area contributed by atoms with E-state index < -0.39 is 0 Å². The summed E-state index contributed by atoms with van der Waals surface area (Å²) in [4.78, 5) is 2.26. The van der Waals surface area contributed by atoms with Crippen LogP contribution in [0.25, 0.3) is 0 Å². The summed E-state index contributed by atoms with van der Waals surface area (Å²) >= 11 is 2.03. The van der Waals surface area contributed by atoms with E-state index in [2.05, 4.69) is 43.3 Å². The van der Waals surface area contributed by atoms with Crippen LogP contribution < -0.4 is 0 Å². The lowest BCUT2D eigenvalue weighted by Crippen LogP contribution is -2.23. The Labute approximate surface area is 85.9 Å². The minimum atomic E-state index is 0.557. The monoisotopic (exact) mass is 197 g/mol. The van der Waals surface area contributed by atoms with Gasteiger partial charge in [-0.25, -0.2) is 0 Å². The SMILES string of the molecule is CCCCCSC1C=CC=CN1C. The molecule has 2 heteroatoms. The highest BCUT2D eigenvalue weighted by Gasteiger charge is 2.09. The average Bonchev–Trinajstić information content (AvgIpc) is 2.15. The molecule has 0 aliphatic carbocycles. The van der Waals surface area contributed by atoms with Gasteiger partial charge in [0.2, 0.25) is 0 Å². The van der Waals surface area contributed by atoms with Gasteiger partial charge in [0.05, 0.1) is 5.37 Å². The predicted octanol–water partition coefficient (Wildman–Crippen LogP) is 3.25. The van der Waals surface area contributed by atoms with Crippen LogP contribution in [0, 0.1) is 0 Å². The molecular formula is C11H19NS. The normalized spacial score (nSPS) is 21.1. The van der Waals surface area contributed by atoms with Crippen molar-refractivity contribution >= 4 is 11.8 Å². The van der Waals surface area contributed by atoms with Gasteiger partial charge in [0.15, 0.2) is 0 Å². The summed E-state index contributed by atoms with van der Waals surface area (Å²) in [7, 11) is 2.14. The largest absolute Gasteiger partial charge is 0.365 e.